The number of sulfonamides is 1. The van der Waals surface area contributed by atoms with Gasteiger partial charge < -0.3 is 10.2 Å². The van der Waals surface area contributed by atoms with Gasteiger partial charge in [0.25, 0.3) is 5.92 Å². The maximum atomic E-state index is 15.4. The Morgan fingerprint density at radius 3 is 2.38 bits per heavy atom. The molecular formula is C22H27F3N2O4S. The van der Waals surface area contributed by atoms with Gasteiger partial charge in [-0.15, -0.1) is 0 Å². The van der Waals surface area contributed by atoms with Gasteiger partial charge in [-0.3, -0.25) is 4.90 Å². The highest BCUT2D eigenvalue weighted by atomic mass is 32.2. The van der Waals surface area contributed by atoms with Gasteiger partial charge in [-0.05, 0) is 31.4 Å². The van der Waals surface area contributed by atoms with Crippen molar-refractivity contribution in [1.29, 1.82) is 0 Å². The third-order valence-corrected chi connectivity index (χ3v) is 6.22. The molecule has 1 heterocycles. The number of halogens is 3. The number of benzene rings is 2. The average molecular weight is 473 g/mol. The standard InChI is InChI=1S/C22H27F3N2O4S/c1-21(2,29)20(28)27-13-22(24,25)19(26-32(3,30)31)17(27)12-15-10-7-11-16(18(15)23)14-8-5-4-6-9-14/h4-11,17,19-20,26,28-29H,12-13H2,1-3H3/t17-,19+,20?/m0/s1. The molecule has 2 aromatic carbocycles. The topological polar surface area (TPSA) is 89.9 Å². The molecule has 176 valence electrons. The van der Waals surface area contributed by atoms with Crippen LogP contribution in [0.15, 0.2) is 48.5 Å². The van der Waals surface area contributed by atoms with Crippen molar-refractivity contribution >= 4 is 10.0 Å². The zero-order valence-electron chi connectivity index (χ0n) is 18.0. The summed E-state index contributed by atoms with van der Waals surface area (Å²) in [6, 6.07) is 10.0. The Balaban J connectivity index is 2.04. The van der Waals surface area contributed by atoms with Crippen molar-refractivity contribution in [2.24, 2.45) is 0 Å². The third-order valence-electron chi connectivity index (χ3n) is 5.54. The van der Waals surface area contributed by atoms with Crippen LogP contribution in [0.1, 0.15) is 19.4 Å². The number of aliphatic hydroxyl groups excluding tert-OH is 1. The summed E-state index contributed by atoms with van der Waals surface area (Å²) in [5.74, 6) is -4.18. The van der Waals surface area contributed by atoms with Crippen LogP contribution in [0.2, 0.25) is 0 Å². The van der Waals surface area contributed by atoms with E-state index in [0.29, 0.717) is 5.56 Å². The zero-order chi connectivity index (χ0) is 23.9. The smallest absolute Gasteiger partial charge is 0.278 e. The SMILES string of the molecule is CC(C)(O)C(O)N1CC(F)(F)[C@H](NS(C)(=O)=O)[C@@H]1Cc1cccc(-c2ccccc2)c1F. The number of likely N-dealkylation sites (tertiary alicyclic amines) is 1. The lowest BCUT2D eigenvalue weighted by atomic mass is 9.94. The molecule has 3 N–H and O–H groups in total. The summed E-state index contributed by atoms with van der Waals surface area (Å²) in [6.45, 7) is 1.50. The van der Waals surface area contributed by atoms with E-state index in [4.69, 9.17) is 0 Å². The number of nitrogens with one attached hydrogen (secondary N) is 1. The van der Waals surface area contributed by atoms with Crippen LogP contribution in [0.3, 0.4) is 0 Å². The first-order chi connectivity index (χ1) is 14.7. The van der Waals surface area contributed by atoms with E-state index in [1.807, 2.05) is 4.72 Å². The molecule has 1 saturated heterocycles. The lowest BCUT2D eigenvalue weighted by molar-refractivity contribution is -0.141. The molecule has 0 bridgehead atoms. The summed E-state index contributed by atoms with van der Waals surface area (Å²) in [5, 5.41) is 20.8. The Kier molecular flexibility index (Phi) is 6.74. The Morgan fingerprint density at radius 1 is 1.19 bits per heavy atom. The van der Waals surface area contributed by atoms with Gasteiger partial charge in [0.1, 0.15) is 18.1 Å². The number of hydrogen-bond donors (Lipinski definition) is 3. The predicted octanol–water partition coefficient (Wildman–Crippen LogP) is 2.36. The van der Waals surface area contributed by atoms with Gasteiger partial charge in [0.2, 0.25) is 10.0 Å². The van der Waals surface area contributed by atoms with E-state index >= 15 is 4.39 Å². The monoisotopic (exact) mass is 472 g/mol. The van der Waals surface area contributed by atoms with E-state index < -0.39 is 52.2 Å². The molecule has 0 saturated carbocycles. The first kappa shape index (κ1) is 24.7. The third kappa shape index (κ3) is 5.32. The van der Waals surface area contributed by atoms with Crippen LogP contribution in [0, 0.1) is 5.82 Å². The summed E-state index contributed by atoms with van der Waals surface area (Å²) in [7, 11) is -4.04. The van der Waals surface area contributed by atoms with Crippen molar-refractivity contribution in [3.8, 4) is 11.1 Å². The van der Waals surface area contributed by atoms with Crippen molar-refractivity contribution in [3.05, 3.63) is 59.9 Å². The maximum Gasteiger partial charge on any atom is 0.278 e. The number of alkyl halides is 2. The summed E-state index contributed by atoms with van der Waals surface area (Å²) < 4.78 is 70.7. The highest BCUT2D eigenvalue weighted by molar-refractivity contribution is 7.88. The van der Waals surface area contributed by atoms with Crippen LogP contribution in [0.5, 0.6) is 0 Å². The van der Waals surface area contributed by atoms with Gasteiger partial charge in [0, 0.05) is 11.6 Å². The number of rotatable bonds is 7. The van der Waals surface area contributed by atoms with Crippen molar-refractivity contribution < 1.29 is 31.8 Å². The molecule has 10 heteroatoms. The molecule has 1 fully saturated rings. The highest BCUT2D eigenvalue weighted by Gasteiger charge is 2.58. The highest BCUT2D eigenvalue weighted by Crippen LogP contribution is 2.38. The predicted molar refractivity (Wildman–Crippen MR) is 115 cm³/mol. The van der Waals surface area contributed by atoms with Crippen LogP contribution in [-0.4, -0.2) is 66.2 Å². The number of nitrogens with zero attached hydrogens (tertiary/aromatic N) is 1. The second-order valence-corrected chi connectivity index (χ2v) is 10.5. The van der Waals surface area contributed by atoms with E-state index in [9.17, 15) is 27.4 Å². The van der Waals surface area contributed by atoms with Crippen molar-refractivity contribution in [2.45, 2.75) is 50.1 Å². The molecule has 1 aliphatic rings. The van der Waals surface area contributed by atoms with Crippen molar-refractivity contribution in [2.75, 3.05) is 12.8 Å². The van der Waals surface area contributed by atoms with E-state index in [1.165, 1.54) is 19.9 Å². The minimum Gasteiger partial charge on any atom is -0.386 e. The average Bonchev–Trinajstić information content (AvgIpc) is 2.92. The van der Waals surface area contributed by atoms with Gasteiger partial charge in [-0.25, -0.2) is 26.3 Å². The molecule has 0 amide bonds. The van der Waals surface area contributed by atoms with Gasteiger partial charge in [-0.2, -0.15) is 0 Å². The molecular weight excluding hydrogens is 445 g/mol. The van der Waals surface area contributed by atoms with Gasteiger partial charge >= 0.3 is 0 Å². The van der Waals surface area contributed by atoms with Gasteiger partial charge in [-0.1, -0.05) is 48.5 Å². The van der Waals surface area contributed by atoms with Gasteiger partial charge in [0.05, 0.1) is 18.4 Å². The first-order valence-electron chi connectivity index (χ1n) is 10.0. The Hall–Kier alpha value is -1.98. The largest absolute Gasteiger partial charge is 0.386 e. The summed E-state index contributed by atoms with van der Waals surface area (Å²) >= 11 is 0. The lowest BCUT2D eigenvalue weighted by Gasteiger charge is -2.37. The van der Waals surface area contributed by atoms with Gasteiger partial charge in [0.15, 0.2) is 0 Å². The minimum atomic E-state index is -4.04. The molecule has 2 aromatic rings. The quantitative estimate of drug-likeness (QED) is 0.576. The van der Waals surface area contributed by atoms with E-state index in [2.05, 4.69) is 0 Å². The van der Waals surface area contributed by atoms with Crippen LogP contribution in [-0.2, 0) is 16.4 Å². The van der Waals surface area contributed by atoms with Crippen LogP contribution < -0.4 is 4.72 Å². The second kappa shape index (κ2) is 8.75. The Morgan fingerprint density at radius 2 is 1.81 bits per heavy atom. The molecule has 0 spiro atoms. The van der Waals surface area contributed by atoms with Crippen LogP contribution in [0.25, 0.3) is 11.1 Å². The molecule has 3 rings (SSSR count). The fraction of sp³-hybridized carbons (Fsp3) is 0.455. The maximum absolute atomic E-state index is 15.4. The second-order valence-electron chi connectivity index (χ2n) is 8.74. The molecule has 0 aliphatic carbocycles. The first-order valence-corrected chi connectivity index (χ1v) is 11.9. The zero-order valence-corrected chi connectivity index (χ0v) is 18.8. The lowest BCUT2D eigenvalue weighted by Crippen LogP contribution is -2.56. The molecule has 3 atom stereocenters. The Labute approximate surface area is 185 Å². The van der Waals surface area contributed by atoms with Crippen LogP contribution >= 0.6 is 0 Å². The number of hydrogen-bond acceptors (Lipinski definition) is 5. The normalized spacial score (nSPS) is 22.8. The molecule has 32 heavy (non-hydrogen) atoms. The minimum absolute atomic E-state index is 0.0855. The molecule has 1 aliphatic heterocycles. The number of aliphatic hydroxyl groups is 2. The van der Waals surface area contributed by atoms with E-state index in [0.717, 1.165) is 11.2 Å². The molecule has 0 radical (unpaired) electrons. The summed E-state index contributed by atoms with van der Waals surface area (Å²) in [4.78, 5) is 0.928. The van der Waals surface area contributed by atoms with Crippen LogP contribution in [0.4, 0.5) is 13.2 Å². The van der Waals surface area contributed by atoms with Crippen molar-refractivity contribution in [1.82, 2.24) is 9.62 Å². The van der Waals surface area contributed by atoms with E-state index in [1.54, 1.807) is 42.5 Å². The molecule has 6 nitrogen and oxygen atoms in total. The Bertz CT molecular complexity index is 1060. The molecule has 0 aromatic heterocycles. The summed E-state index contributed by atoms with van der Waals surface area (Å²) in [6.07, 6.45) is -1.29. The van der Waals surface area contributed by atoms with Crippen molar-refractivity contribution in [3.63, 3.8) is 0 Å². The molecule has 1 unspecified atom stereocenters. The van der Waals surface area contributed by atoms with E-state index in [-0.39, 0.29) is 17.5 Å². The summed E-state index contributed by atoms with van der Waals surface area (Å²) in [5.41, 5.74) is -0.821. The fourth-order valence-electron chi connectivity index (χ4n) is 4.04. The fourth-order valence-corrected chi connectivity index (χ4v) is 4.83.